The molecule has 1 rings (SSSR count). The van der Waals surface area contributed by atoms with Gasteiger partial charge in [-0.2, -0.15) is 13.2 Å². The number of benzene rings is 1. The van der Waals surface area contributed by atoms with Crippen LogP contribution in [0, 0.1) is 15.9 Å². The zero-order valence-corrected chi connectivity index (χ0v) is 10.3. The van der Waals surface area contributed by atoms with Crippen molar-refractivity contribution in [2.75, 3.05) is 6.61 Å². The van der Waals surface area contributed by atoms with Crippen molar-refractivity contribution in [1.82, 2.24) is 0 Å². The quantitative estimate of drug-likeness (QED) is 0.377. The molecular weight excluding hydrogens is 302 g/mol. The molecule has 0 aliphatic heterocycles. The lowest BCUT2D eigenvalue weighted by atomic mass is 10.1. The van der Waals surface area contributed by atoms with E-state index in [1.54, 1.807) is 0 Å². The minimum atomic E-state index is -4.39. The van der Waals surface area contributed by atoms with Crippen LogP contribution in [-0.2, 0) is 0 Å². The van der Waals surface area contributed by atoms with E-state index in [0.717, 1.165) is 0 Å². The SMILES string of the molecule is O=C(O)c1cc(OCCCC(F)(F)F)c(F)cc1[N+](=O)[O-]. The Balaban J connectivity index is 2.86. The van der Waals surface area contributed by atoms with Crippen LogP contribution in [0.2, 0.25) is 0 Å². The molecule has 116 valence electrons. The number of nitro benzene ring substituents is 1. The van der Waals surface area contributed by atoms with E-state index in [-0.39, 0.29) is 0 Å². The molecule has 10 heteroatoms. The Morgan fingerprint density at radius 3 is 2.48 bits per heavy atom. The summed E-state index contributed by atoms with van der Waals surface area (Å²) in [5.74, 6) is -3.55. The van der Waals surface area contributed by atoms with E-state index in [4.69, 9.17) is 9.84 Å². The third kappa shape index (κ3) is 4.89. The van der Waals surface area contributed by atoms with E-state index in [9.17, 15) is 32.5 Å². The van der Waals surface area contributed by atoms with Crippen molar-refractivity contribution in [3.8, 4) is 5.75 Å². The molecule has 1 aromatic carbocycles. The molecule has 0 bridgehead atoms. The molecule has 21 heavy (non-hydrogen) atoms. The van der Waals surface area contributed by atoms with Gasteiger partial charge in [-0.15, -0.1) is 0 Å². The summed E-state index contributed by atoms with van der Waals surface area (Å²) >= 11 is 0. The van der Waals surface area contributed by atoms with E-state index in [1.807, 2.05) is 0 Å². The molecule has 1 aromatic rings. The maximum absolute atomic E-state index is 13.5. The number of halogens is 4. The maximum atomic E-state index is 13.5. The number of aromatic carboxylic acids is 1. The number of carboxylic acids is 1. The fraction of sp³-hybridized carbons (Fsp3) is 0.364. The summed E-state index contributed by atoms with van der Waals surface area (Å²) in [7, 11) is 0. The first-order valence-electron chi connectivity index (χ1n) is 5.52. The molecule has 0 saturated carbocycles. The van der Waals surface area contributed by atoms with Crippen LogP contribution in [0.5, 0.6) is 5.75 Å². The van der Waals surface area contributed by atoms with Crippen LogP contribution in [0.1, 0.15) is 23.2 Å². The van der Waals surface area contributed by atoms with Crippen LogP contribution in [0.4, 0.5) is 23.2 Å². The summed E-state index contributed by atoms with van der Waals surface area (Å²) in [4.78, 5) is 20.3. The predicted molar refractivity (Wildman–Crippen MR) is 60.8 cm³/mol. The maximum Gasteiger partial charge on any atom is 0.389 e. The highest BCUT2D eigenvalue weighted by molar-refractivity contribution is 5.92. The van der Waals surface area contributed by atoms with E-state index in [0.29, 0.717) is 12.1 Å². The third-order valence-electron chi connectivity index (χ3n) is 2.34. The lowest BCUT2D eigenvalue weighted by Gasteiger charge is -2.09. The van der Waals surface area contributed by atoms with Crippen molar-refractivity contribution in [2.45, 2.75) is 19.0 Å². The van der Waals surface area contributed by atoms with Crippen LogP contribution in [-0.4, -0.2) is 28.8 Å². The molecule has 0 spiro atoms. The fourth-order valence-corrected chi connectivity index (χ4v) is 1.43. The zero-order chi connectivity index (χ0) is 16.2. The molecule has 6 nitrogen and oxygen atoms in total. The van der Waals surface area contributed by atoms with Gasteiger partial charge in [0.15, 0.2) is 11.6 Å². The van der Waals surface area contributed by atoms with Gasteiger partial charge in [-0.05, 0) is 6.42 Å². The van der Waals surface area contributed by atoms with Crippen molar-refractivity contribution in [3.63, 3.8) is 0 Å². The monoisotopic (exact) mass is 311 g/mol. The highest BCUT2D eigenvalue weighted by Gasteiger charge is 2.27. The standard InChI is InChI=1S/C11H9F4NO5/c12-7-5-8(16(19)20)6(10(17)18)4-9(7)21-3-1-2-11(13,14)15/h4-5H,1-3H2,(H,17,18). The van der Waals surface area contributed by atoms with Crippen LogP contribution < -0.4 is 4.74 Å². The second-order valence-electron chi connectivity index (χ2n) is 3.93. The number of carboxylic acid groups (broad SMARTS) is 1. The van der Waals surface area contributed by atoms with Gasteiger partial charge in [0.2, 0.25) is 0 Å². The highest BCUT2D eigenvalue weighted by Crippen LogP contribution is 2.28. The summed E-state index contributed by atoms with van der Waals surface area (Å²) in [5, 5.41) is 19.3. The van der Waals surface area contributed by atoms with Crippen molar-refractivity contribution in [1.29, 1.82) is 0 Å². The predicted octanol–water partition coefficient (Wildman–Crippen LogP) is 3.15. The van der Waals surface area contributed by atoms with Gasteiger partial charge in [-0.25, -0.2) is 9.18 Å². The molecule has 0 aromatic heterocycles. The minimum Gasteiger partial charge on any atom is -0.490 e. The summed E-state index contributed by atoms with van der Waals surface area (Å²) in [6.07, 6.45) is -5.99. The molecule has 1 N–H and O–H groups in total. The molecule has 0 unspecified atom stereocenters. The lowest BCUT2D eigenvalue weighted by molar-refractivity contribution is -0.385. The lowest BCUT2D eigenvalue weighted by Crippen LogP contribution is -2.11. The van der Waals surface area contributed by atoms with E-state index in [2.05, 4.69) is 0 Å². The Hall–Kier alpha value is -2.39. The fourth-order valence-electron chi connectivity index (χ4n) is 1.43. The second-order valence-corrected chi connectivity index (χ2v) is 3.93. The molecule has 0 fully saturated rings. The third-order valence-corrected chi connectivity index (χ3v) is 2.34. The number of hydrogen-bond acceptors (Lipinski definition) is 4. The number of ether oxygens (including phenoxy) is 1. The molecule has 0 aliphatic rings. The molecule has 0 aliphatic carbocycles. The minimum absolute atomic E-state index is 0.350. The topological polar surface area (TPSA) is 89.7 Å². The Kier molecular flexibility index (Phi) is 5.06. The summed E-state index contributed by atoms with van der Waals surface area (Å²) in [6.45, 7) is -0.507. The summed E-state index contributed by atoms with van der Waals surface area (Å²) in [6, 6.07) is 0.923. The second kappa shape index (κ2) is 6.37. The Morgan fingerprint density at radius 2 is 2.00 bits per heavy atom. The van der Waals surface area contributed by atoms with Gasteiger partial charge in [0, 0.05) is 12.5 Å². The first-order chi connectivity index (χ1) is 9.61. The largest absolute Gasteiger partial charge is 0.490 e. The normalized spacial score (nSPS) is 11.2. The number of hydrogen-bond donors (Lipinski definition) is 1. The first kappa shape index (κ1) is 16.7. The van der Waals surface area contributed by atoms with Crippen LogP contribution in [0.25, 0.3) is 0 Å². The number of carbonyl (C=O) groups is 1. The molecular formula is C11H9F4NO5. The Morgan fingerprint density at radius 1 is 1.38 bits per heavy atom. The molecule has 0 radical (unpaired) electrons. The first-order valence-corrected chi connectivity index (χ1v) is 5.52. The van der Waals surface area contributed by atoms with Gasteiger partial charge < -0.3 is 9.84 Å². The number of nitro groups is 1. The number of nitrogens with zero attached hydrogens (tertiary/aromatic N) is 1. The Bertz CT molecular complexity index is 558. The summed E-state index contributed by atoms with van der Waals surface area (Å²) < 4.78 is 53.8. The van der Waals surface area contributed by atoms with E-state index < -0.39 is 59.3 Å². The Labute approximate surface area is 115 Å². The zero-order valence-electron chi connectivity index (χ0n) is 10.3. The summed E-state index contributed by atoms with van der Waals surface area (Å²) in [5.41, 5.74) is -1.78. The number of rotatable bonds is 6. The number of alkyl halides is 3. The highest BCUT2D eigenvalue weighted by atomic mass is 19.4. The molecule has 0 heterocycles. The van der Waals surface area contributed by atoms with Crippen molar-refractivity contribution >= 4 is 11.7 Å². The van der Waals surface area contributed by atoms with E-state index in [1.165, 1.54) is 0 Å². The van der Waals surface area contributed by atoms with Crippen LogP contribution in [0.3, 0.4) is 0 Å². The van der Waals surface area contributed by atoms with Crippen molar-refractivity contribution < 1.29 is 37.1 Å². The van der Waals surface area contributed by atoms with Crippen molar-refractivity contribution in [3.05, 3.63) is 33.6 Å². The van der Waals surface area contributed by atoms with Gasteiger partial charge >= 0.3 is 12.1 Å². The van der Waals surface area contributed by atoms with Crippen LogP contribution >= 0.6 is 0 Å². The molecule has 0 saturated heterocycles. The van der Waals surface area contributed by atoms with Gasteiger partial charge in [0.05, 0.1) is 17.6 Å². The van der Waals surface area contributed by atoms with Crippen LogP contribution in [0.15, 0.2) is 12.1 Å². The van der Waals surface area contributed by atoms with Gasteiger partial charge in [0.25, 0.3) is 5.69 Å². The van der Waals surface area contributed by atoms with Gasteiger partial charge in [-0.3, -0.25) is 10.1 Å². The van der Waals surface area contributed by atoms with Gasteiger partial charge in [0.1, 0.15) is 5.56 Å². The average Bonchev–Trinajstić information content (AvgIpc) is 2.33. The smallest absolute Gasteiger partial charge is 0.389 e. The average molecular weight is 311 g/mol. The van der Waals surface area contributed by atoms with E-state index >= 15 is 0 Å². The van der Waals surface area contributed by atoms with Gasteiger partial charge in [-0.1, -0.05) is 0 Å². The van der Waals surface area contributed by atoms with Crippen molar-refractivity contribution in [2.24, 2.45) is 0 Å². The molecule has 0 amide bonds. The molecule has 0 atom stereocenters.